The van der Waals surface area contributed by atoms with Crippen molar-refractivity contribution < 1.29 is 13.2 Å². The summed E-state index contributed by atoms with van der Waals surface area (Å²) in [5.74, 6) is 2.43. The van der Waals surface area contributed by atoms with Gasteiger partial charge in [-0.15, -0.1) is 11.3 Å². The third-order valence-electron chi connectivity index (χ3n) is 6.32. The van der Waals surface area contributed by atoms with Crippen molar-refractivity contribution in [1.82, 2.24) is 9.62 Å². The highest BCUT2D eigenvalue weighted by Gasteiger charge is 2.54. The highest BCUT2D eigenvalue weighted by molar-refractivity contribution is 7.91. The number of hydrogen-bond donors (Lipinski definition) is 1. The summed E-state index contributed by atoms with van der Waals surface area (Å²) in [4.78, 5) is 13.8. The third kappa shape index (κ3) is 3.04. The van der Waals surface area contributed by atoms with E-state index < -0.39 is 10.0 Å². The number of rotatable bonds is 5. The molecule has 5 nitrogen and oxygen atoms in total. The third-order valence-corrected chi connectivity index (χ3v) is 9.68. The second-order valence-corrected chi connectivity index (χ2v) is 11.9. The van der Waals surface area contributed by atoms with E-state index in [0.717, 1.165) is 41.9 Å². The molecule has 4 aliphatic carbocycles. The van der Waals surface area contributed by atoms with Crippen molar-refractivity contribution in [2.45, 2.75) is 49.3 Å². The average molecular weight is 383 g/mol. The maximum Gasteiger partial charge on any atom is 0.252 e. The van der Waals surface area contributed by atoms with Gasteiger partial charge in [0, 0.05) is 24.4 Å². The van der Waals surface area contributed by atoms with Gasteiger partial charge >= 0.3 is 0 Å². The smallest absolute Gasteiger partial charge is 0.252 e. The molecule has 5 rings (SSSR count). The Labute approximate surface area is 153 Å². The minimum atomic E-state index is -3.39. The standard InChI is InChI=1S/C18H26N2O3S2/c1-20(2)25(22,23)16-4-3-15(24-16)11-19-17(21)18-8-12-5-13(9-18)7-14(6-12)10-18/h3-4,12-14H,5-11H2,1-2H3,(H,19,21). The van der Waals surface area contributed by atoms with Crippen LogP contribution >= 0.6 is 11.3 Å². The van der Waals surface area contributed by atoms with Crippen LogP contribution < -0.4 is 5.32 Å². The van der Waals surface area contributed by atoms with Crippen LogP contribution in [0.25, 0.3) is 0 Å². The highest BCUT2D eigenvalue weighted by atomic mass is 32.2. The van der Waals surface area contributed by atoms with Gasteiger partial charge in [0.1, 0.15) is 4.21 Å². The van der Waals surface area contributed by atoms with Crippen LogP contribution in [-0.4, -0.2) is 32.7 Å². The molecule has 0 aliphatic heterocycles. The zero-order valence-corrected chi connectivity index (χ0v) is 16.5. The van der Waals surface area contributed by atoms with E-state index in [9.17, 15) is 13.2 Å². The van der Waals surface area contributed by atoms with Crippen LogP contribution in [-0.2, 0) is 21.4 Å². The van der Waals surface area contributed by atoms with Crippen molar-refractivity contribution in [3.63, 3.8) is 0 Å². The summed E-state index contributed by atoms with van der Waals surface area (Å²) in [6, 6.07) is 3.44. The van der Waals surface area contributed by atoms with E-state index in [-0.39, 0.29) is 11.3 Å². The molecule has 4 fully saturated rings. The molecule has 0 aromatic carbocycles. The lowest BCUT2D eigenvalue weighted by molar-refractivity contribution is -0.146. The molecular formula is C18H26N2O3S2. The Kier molecular flexibility index (Phi) is 4.24. The van der Waals surface area contributed by atoms with Gasteiger partial charge in [-0.3, -0.25) is 4.79 Å². The normalized spacial score (nSPS) is 33.8. The van der Waals surface area contributed by atoms with E-state index in [2.05, 4.69) is 5.32 Å². The Morgan fingerprint density at radius 1 is 1.16 bits per heavy atom. The number of hydrogen-bond acceptors (Lipinski definition) is 4. The number of nitrogens with one attached hydrogen (secondary N) is 1. The monoisotopic (exact) mass is 382 g/mol. The largest absolute Gasteiger partial charge is 0.351 e. The summed E-state index contributed by atoms with van der Waals surface area (Å²) in [5, 5.41) is 3.11. The lowest BCUT2D eigenvalue weighted by Crippen LogP contribution is -2.53. The molecule has 1 aromatic heterocycles. The number of sulfonamides is 1. The van der Waals surface area contributed by atoms with Crippen molar-refractivity contribution in [1.29, 1.82) is 0 Å². The first-order valence-corrected chi connectivity index (χ1v) is 11.3. The summed E-state index contributed by atoms with van der Waals surface area (Å²) in [7, 11) is -0.330. The fourth-order valence-electron chi connectivity index (χ4n) is 5.52. The maximum absolute atomic E-state index is 12.9. The van der Waals surface area contributed by atoms with Crippen molar-refractivity contribution in [3.8, 4) is 0 Å². The molecule has 0 unspecified atom stereocenters. The second kappa shape index (κ2) is 6.06. The van der Waals surface area contributed by atoms with Gasteiger partial charge in [0.15, 0.2) is 0 Å². The molecule has 0 saturated heterocycles. The number of carbonyl (C=O) groups is 1. The second-order valence-electron chi connectivity index (χ2n) is 8.39. The van der Waals surface area contributed by atoms with Crippen LogP contribution in [0.4, 0.5) is 0 Å². The highest BCUT2D eigenvalue weighted by Crippen LogP contribution is 2.60. The topological polar surface area (TPSA) is 66.5 Å². The summed E-state index contributed by atoms with van der Waals surface area (Å²) in [6.45, 7) is 0.425. The minimum Gasteiger partial charge on any atom is -0.351 e. The van der Waals surface area contributed by atoms with Gasteiger partial charge in [0.25, 0.3) is 10.0 Å². The van der Waals surface area contributed by atoms with Crippen LogP contribution in [0.5, 0.6) is 0 Å². The molecule has 4 aliphatic rings. The van der Waals surface area contributed by atoms with Crippen LogP contribution in [0.1, 0.15) is 43.4 Å². The summed E-state index contributed by atoms with van der Waals surface area (Å²) >= 11 is 1.24. The molecule has 0 atom stereocenters. The van der Waals surface area contributed by atoms with Gasteiger partial charge in [-0.1, -0.05) is 0 Å². The fraction of sp³-hybridized carbons (Fsp3) is 0.722. The molecule has 1 amide bonds. The Hall–Kier alpha value is -0.920. The molecular weight excluding hydrogens is 356 g/mol. The first kappa shape index (κ1) is 17.5. The van der Waals surface area contributed by atoms with Gasteiger partial charge in [-0.05, 0) is 68.4 Å². The zero-order valence-electron chi connectivity index (χ0n) is 14.8. The number of thiophene rings is 1. The molecule has 4 saturated carbocycles. The van der Waals surface area contributed by atoms with E-state index in [1.54, 1.807) is 12.1 Å². The van der Waals surface area contributed by atoms with E-state index in [4.69, 9.17) is 0 Å². The van der Waals surface area contributed by atoms with Crippen LogP contribution in [0.15, 0.2) is 16.3 Å². The number of amides is 1. The SMILES string of the molecule is CN(C)S(=O)(=O)c1ccc(CNC(=O)C23CC4CC(CC(C4)C2)C3)s1. The Morgan fingerprint density at radius 3 is 2.24 bits per heavy atom. The molecule has 1 aromatic rings. The Morgan fingerprint density at radius 2 is 1.72 bits per heavy atom. The van der Waals surface area contributed by atoms with Crippen molar-refractivity contribution >= 4 is 27.3 Å². The van der Waals surface area contributed by atoms with E-state index in [0.29, 0.717) is 10.8 Å². The number of nitrogens with zero attached hydrogens (tertiary/aromatic N) is 1. The lowest BCUT2D eigenvalue weighted by Gasteiger charge is -2.55. The van der Waals surface area contributed by atoms with E-state index in [1.807, 2.05) is 0 Å². The molecule has 1 N–H and O–H groups in total. The van der Waals surface area contributed by atoms with Crippen LogP contribution in [0.2, 0.25) is 0 Å². The van der Waals surface area contributed by atoms with Crippen molar-refractivity contribution in [2.75, 3.05) is 14.1 Å². The predicted octanol–water partition coefficient (Wildman–Crippen LogP) is 2.83. The fourth-order valence-corrected chi connectivity index (χ4v) is 7.98. The first-order valence-electron chi connectivity index (χ1n) is 9.08. The Bertz CT molecular complexity index is 747. The average Bonchev–Trinajstić information content (AvgIpc) is 3.00. The van der Waals surface area contributed by atoms with E-state index in [1.165, 1.54) is 49.0 Å². The number of carbonyl (C=O) groups excluding carboxylic acids is 1. The van der Waals surface area contributed by atoms with Gasteiger partial charge in [0.2, 0.25) is 5.91 Å². The van der Waals surface area contributed by atoms with E-state index >= 15 is 0 Å². The molecule has 138 valence electrons. The summed E-state index contributed by atoms with van der Waals surface area (Å²) in [6.07, 6.45) is 7.12. The lowest BCUT2D eigenvalue weighted by atomic mass is 9.49. The predicted molar refractivity (Wildman–Crippen MR) is 97.6 cm³/mol. The molecule has 0 spiro atoms. The van der Waals surface area contributed by atoms with Crippen LogP contribution in [0, 0.1) is 23.2 Å². The van der Waals surface area contributed by atoms with Gasteiger partial charge in [0.05, 0.1) is 6.54 Å². The summed E-state index contributed by atoms with van der Waals surface area (Å²) in [5.41, 5.74) is -0.148. The van der Waals surface area contributed by atoms with Crippen molar-refractivity contribution in [2.24, 2.45) is 23.2 Å². The minimum absolute atomic E-state index is 0.148. The van der Waals surface area contributed by atoms with Gasteiger partial charge < -0.3 is 5.32 Å². The van der Waals surface area contributed by atoms with Crippen molar-refractivity contribution in [3.05, 3.63) is 17.0 Å². The molecule has 0 radical (unpaired) electrons. The van der Waals surface area contributed by atoms with Crippen LogP contribution in [0.3, 0.4) is 0 Å². The zero-order chi connectivity index (χ0) is 17.8. The van der Waals surface area contributed by atoms with Gasteiger partial charge in [-0.25, -0.2) is 12.7 Å². The molecule has 1 heterocycles. The quantitative estimate of drug-likeness (QED) is 0.851. The molecule has 4 bridgehead atoms. The molecule has 25 heavy (non-hydrogen) atoms. The van der Waals surface area contributed by atoms with Gasteiger partial charge in [-0.2, -0.15) is 0 Å². The maximum atomic E-state index is 12.9. The summed E-state index contributed by atoms with van der Waals surface area (Å²) < 4.78 is 25.9. The Balaban J connectivity index is 1.42. The molecule has 7 heteroatoms. The first-order chi connectivity index (χ1) is 11.8.